The fourth-order valence-electron chi connectivity index (χ4n) is 3.04. The highest BCUT2D eigenvalue weighted by Gasteiger charge is 2.12. The van der Waals surface area contributed by atoms with Gasteiger partial charge in [-0.3, -0.25) is 4.90 Å². The number of aromatic carboxylic acids is 1. The molecule has 4 rings (SSSR count). The molecule has 1 aliphatic rings. The molecule has 1 fully saturated rings. The number of hydrogen-bond donors (Lipinski definition) is 2. The summed E-state index contributed by atoms with van der Waals surface area (Å²) in [5.41, 5.74) is 2.83. The number of nitrogens with one attached hydrogen (secondary N) is 1. The van der Waals surface area contributed by atoms with Gasteiger partial charge in [-0.1, -0.05) is 12.1 Å². The van der Waals surface area contributed by atoms with Crippen LogP contribution in [0.3, 0.4) is 0 Å². The van der Waals surface area contributed by atoms with Crippen molar-refractivity contribution in [3.8, 4) is 10.6 Å². The van der Waals surface area contributed by atoms with Crippen molar-refractivity contribution in [2.45, 2.75) is 6.54 Å². The highest BCUT2D eigenvalue weighted by Crippen LogP contribution is 2.27. The van der Waals surface area contributed by atoms with Gasteiger partial charge in [0.2, 0.25) is 5.95 Å². The van der Waals surface area contributed by atoms with Gasteiger partial charge in [0.15, 0.2) is 0 Å². The SMILES string of the molecule is O=C(O)c1ccc(-c2ccnc(Nc3cccc(CN4CCOCC4)c3)n2)s1. The molecule has 2 N–H and O–H groups in total. The number of thiophene rings is 1. The van der Waals surface area contributed by atoms with E-state index in [9.17, 15) is 4.79 Å². The first kappa shape index (κ1) is 18.5. The Hall–Kier alpha value is -2.81. The number of aromatic nitrogens is 2. The summed E-state index contributed by atoms with van der Waals surface area (Å²) in [6.07, 6.45) is 1.67. The van der Waals surface area contributed by atoms with Gasteiger partial charge >= 0.3 is 5.97 Å². The average Bonchev–Trinajstić information content (AvgIpc) is 3.20. The fourth-order valence-corrected chi connectivity index (χ4v) is 3.86. The van der Waals surface area contributed by atoms with Crippen molar-refractivity contribution in [3.05, 3.63) is 59.1 Å². The minimum Gasteiger partial charge on any atom is -0.477 e. The number of anilines is 2. The predicted molar refractivity (Wildman–Crippen MR) is 108 cm³/mol. The molecule has 0 radical (unpaired) electrons. The molecule has 3 heterocycles. The lowest BCUT2D eigenvalue weighted by atomic mass is 10.2. The smallest absolute Gasteiger partial charge is 0.345 e. The van der Waals surface area contributed by atoms with Gasteiger partial charge in [-0.2, -0.15) is 0 Å². The molecule has 0 bridgehead atoms. The molecule has 8 heteroatoms. The average molecular weight is 396 g/mol. The van der Waals surface area contributed by atoms with E-state index in [0.29, 0.717) is 16.5 Å². The summed E-state index contributed by atoms with van der Waals surface area (Å²) in [7, 11) is 0. The number of carboxylic acid groups (broad SMARTS) is 1. The van der Waals surface area contributed by atoms with Crippen molar-refractivity contribution >= 4 is 28.9 Å². The number of ether oxygens (including phenoxy) is 1. The summed E-state index contributed by atoms with van der Waals surface area (Å²) >= 11 is 1.20. The number of rotatable bonds is 6. The van der Waals surface area contributed by atoms with E-state index in [1.807, 2.05) is 12.1 Å². The summed E-state index contributed by atoms with van der Waals surface area (Å²) in [5.74, 6) is -0.452. The van der Waals surface area contributed by atoms with Crippen LogP contribution in [0.25, 0.3) is 10.6 Å². The van der Waals surface area contributed by atoms with Gasteiger partial charge in [0.05, 0.1) is 23.8 Å². The quantitative estimate of drug-likeness (QED) is 0.659. The molecule has 0 unspecified atom stereocenters. The van der Waals surface area contributed by atoms with E-state index in [2.05, 4.69) is 32.3 Å². The second-order valence-electron chi connectivity index (χ2n) is 6.45. The highest BCUT2D eigenvalue weighted by molar-refractivity contribution is 7.17. The van der Waals surface area contributed by atoms with Crippen molar-refractivity contribution in [2.75, 3.05) is 31.6 Å². The molecule has 144 valence electrons. The monoisotopic (exact) mass is 396 g/mol. The van der Waals surface area contributed by atoms with E-state index in [4.69, 9.17) is 9.84 Å². The Bertz CT molecular complexity index is 969. The molecule has 1 saturated heterocycles. The van der Waals surface area contributed by atoms with Crippen LogP contribution in [-0.2, 0) is 11.3 Å². The second-order valence-corrected chi connectivity index (χ2v) is 7.53. The number of carboxylic acids is 1. The zero-order valence-electron chi connectivity index (χ0n) is 15.2. The largest absolute Gasteiger partial charge is 0.477 e. The maximum Gasteiger partial charge on any atom is 0.345 e. The van der Waals surface area contributed by atoms with Crippen LogP contribution in [0.4, 0.5) is 11.6 Å². The Labute approximate surface area is 166 Å². The Morgan fingerprint density at radius 1 is 1.21 bits per heavy atom. The van der Waals surface area contributed by atoms with Gasteiger partial charge in [0.1, 0.15) is 4.88 Å². The normalized spacial score (nSPS) is 14.7. The first-order valence-corrected chi connectivity index (χ1v) is 9.82. The zero-order chi connectivity index (χ0) is 19.3. The first-order valence-electron chi connectivity index (χ1n) is 9.00. The van der Waals surface area contributed by atoms with Crippen molar-refractivity contribution in [1.82, 2.24) is 14.9 Å². The fraction of sp³-hybridized carbons (Fsp3) is 0.250. The predicted octanol–water partition coefficient (Wildman–Crippen LogP) is 3.48. The molecule has 0 saturated carbocycles. The number of nitrogens with zero attached hydrogens (tertiary/aromatic N) is 3. The zero-order valence-corrected chi connectivity index (χ0v) is 16.0. The van der Waals surface area contributed by atoms with Crippen molar-refractivity contribution in [1.29, 1.82) is 0 Å². The van der Waals surface area contributed by atoms with Crippen molar-refractivity contribution in [3.63, 3.8) is 0 Å². The lowest BCUT2D eigenvalue weighted by Gasteiger charge is -2.26. The lowest BCUT2D eigenvalue weighted by molar-refractivity contribution is 0.0342. The van der Waals surface area contributed by atoms with Crippen LogP contribution in [0.15, 0.2) is 48.7 Å². The topological polar surface area (TPSA) is 87.6 Å². The standard InChI is InChI=1S/C20H20N4O3S/c25-19(26)18-5-4-17(28-18)16-6-7-21-20(23-16)22-15-3-1-2-14(12-15)13-24-8-10-27-11-9-24/h1-7,12H,8-11,13H2,(H,25,26)(H,21,22,23). The van der Waals surface area contributed by atoms with Gasteiger partial charge in [-0.15, -0.1) is 11.3 Å². The van der Waals surface area contributed by atoms with Gasteiger partial charge in [0.25, 0.3) is 0 Å². The number of hydrogen-bond acceptors (Lipinski definition) is 7. The Morgan fingerprint density at radius 3 is 2.86 bits per heavy atom. The molecule has 1 aliphatic heterocycles. The summed E-state index contributed by atoms with van der Waals surface area (Å²) in [6.45, 7) is 4.34. The van der Waals surface area contributed by atoms with E-state index in [1.165, 1.54) is 16.9 Å². The van der Waals surface area contributed by atoms with Gasteiger partial charge in [0, 0.05) is 31.5 Å². The second kappa shape index (κ2) is 8.47. The molecule has 0 atom stereocenters. The van der Waals surface area contributed by atoms with Gasteiger partial charge in [-0.05, 0) is 35.9 Å². The molecular formula is C20H20N4O3S. The van der Waals surface area contributed by atoms with Crippen LogP contribution in [0, 0.1) is 0 Å². The summed E-state index contributed by atoms with van der Waals surface area (Å²) in [4.78, 5) is 23.4. The van der Waals surface area contributed by atoms with Crippen molar-refractivity contribution in [2.24, 2.45) is 0 Å². The van der Waals surface area contributed by atoms with E-state index >= 15 is 0 Å². The van der Waals surface area contributed by atoms with Gasteiger partial charge in [-0.25, -0.2) is 14.8 Å². The van der Waals surface area contributed by atoms with Crippen LogP contribution in [0.2, 0.25) is 0 Å². The summed E-state index contributed by atoms with van der Waals surface area (Å²) in [5, 5.41) is 12.3. The Kier molecular flexibility index (Phi) is 5.61. The molecule has 7 nitrogen and oxygen atoms in total. The molecule has 2 aromatic heterocycles. The summed E-state index contributed by atoms with van der Waals surface area (Å²) < 4.78 is 5.40. The lowest BCUT2D eigenvalue weighted by Crippen LogP contribution is -2.35. The van der Waals surface area contributed by atoms with Crippen LogP contribution < -0.4 is 5.32 Å². The molecule has 0 spiro atoms. The van der Waals surface area contributed by atoms with Crippen LogP contribution in [-0.4, -0.2) is 52.2 Å². The number of carbonyl (C=O) groups is 1. The molecule has 0 aliphatic carbocycles. The van der Waals surface area contributed by atoms with Gasteiger partial charge < -0.3 is 15.2 Å². The highest BCUT2D eigenvalue weighted by atomic mass is 32.1. The summed E-state index contributed by atoms with van der Waals surface area (Å²) in [6, 6.07) is 13.3. The Balaban J connectivity index is 1.48. The maximum absolute atomic E-state index is 11.1. The van der Waals surface area contributed by atoms with Crippen molar-refractivity contribution < 1.29 is 14.6 Å². The third kappa shape index (κ3) is 4.53. The molecule has 3 aromatic rings. The minimum atomic E-state index is -0.930. The Morgan fingerprint density at radius 2 is 2.07 bits per heavy atom. The third-order valence-corrected chi connectivity index (χ3v) is 5.51. The first-order chi connectivity index (χ1) is 13.7. The van der Waals surface area contributed by atoms with Crippen LogP contribution in [0.5, 0.6) is 0 Å². The minimum absolute atomic E-state index is 0.291. The van der Waals surface area contributed by atoms with Crippen LogP contribution in [0.1, 0.15) is 15.2 Å². The van der Waals surface area contributed by atoms with Crippen LogP contribution >= 0.6 is 11.3 Å². The number of morpholine rings is 1. The van der Waals surface area contributed by atoms with E-state index in [-0.39, 0.29) is 0 Å². The molecule has 1 aromatic carbocycles. The third-order valence-electron chi connectivity index (χ3n) is 4.42. The molecule has 0 amide bonds. The van der Waals surface area contributed by atoms with E-state index in [1.54, 1.807) is 24.4 Å². The van der Waals surface area contributed by atoms with E-state index in [0.717, 1.165) is 43.4 Å². The van der Waals surface area contributed by atoms with E-state index < -0.39 is 5.97 Å². The molecule has 28 heavy (non-hydrogen) atoms. The molecular weight excluding hydrogens is 376 g/mol. The number of benzene rings is 1. The maximum atomic E-state index is 11.1.